The average molecular weight is 478 g/mol. The first-order valence-corrected chi connectivity index (χ1v) is 11.9. The van der Waals surface area contributed by atoms with Crippen LogP contribution in [-0.4, -0.2) is 62.1 Å². The molecule has 34 heavy (non-hydrogen) atoms. The first-order chi connectivity index (χ1) is 16.3. The van der Waals surface area contributed by atoms with Gasteiger partial charge in [0.1, 0.15) is 11.5 Å². The van der Waals surface area contributed by atoms with Crippen LogP contribution in [-0.2, 0) is 14.5 Å². The number of aromatic hydroxyl groups is 1. The Labute approximate surface area is 198 Å². The Morgan fingerprint density at radius 1 is 1.03 bits per heavy atom. The van der Waals surface area contributed by atoms with Crippen LogP contribution in [0, 0.1) is 11.8 Å². The van der Waals surface area contributed by atoms with E-state index in [0.29, 0.717) is 11.1 Å². The first-order valence-electron chi connectivity index (χ1n) is 10.3. The minimum atomic E-state index is -3.44. The molecule has 3 rings (SSSR count). The van der Waals surface area contributed by atoms with Crippen molar-refractivity contribution in [2.45, 2.75) is 4.90 Å². The fraction of sp³-hybridized carbons (Fsp3) is 0.160. The number of hydrogen-bond donors (Lipinski definition) is 2. The summed E-state index contributed by atoms with van der Waals surface area (Å²) in [4.78, 5) is 31.0. The van der Waals surface area contributed by atoms with Crippen LogP contribution in [0.15, 0.2) is 82.3 Å². The number of aliphatic hydroxyl groups is 1. The maximum absolute atomic E-state index is 13.7. The Hall–Kier alpha value is -4.00. The van der Waals surface area contributed by atoms with E-state index in [0.717, 1.165) is 0 Å². The lowest BCUT2D eigenvalue weighted by Gasteiger charge is -2.17. The van der Waals surface area contributed by atoms with Gasteiger partial charge < -0.3 is 15.1 Å². The van der Waals surface area contributed by atoms with E-state index in [1.54, 1.807) is 42.5 Å². The number of phenols is 1. The lowest BCUT2D eigenvalue weighted by Crippen LogP contribution is -2.34. The number of hydrogen-bond acceptors (Lipinski definition) is 6. The molecule has 0 radical (unpaired) electrons. The highest BCUT2D eigenvalue weighted by atomic mass is 32.2. The number of nitrogens with zero attached hydrogens (tertiary/aromatic N) is 3. The summed E-state index contributed by atoms with van der Waals surface area (Å²) < 4.78 is 17.7. The number of amides is 2. The minimum absolute atomic E-state index is 0.0704. The quantitative estimate of drug-likeness (QED) is 0.526. The van der Waals surface area contributed by atoms with Gasteiger partial charge in [0.15, 0.2) is 0 Å². The molecule has 8 nitrogen and oxygen atoms in total. The summed E-state index contributed by atoms with van der Waals surface area (Å²) in [5.41, 5.74) is 1.08. The van der Waals surface area contributed by atoms with E-state index in [2.05, 4.69) is 21.2 Å². The van der Waals surface area contributed by atoms with Crippen molar-refractivity contribution in [1.82, 2.24) is 9.88 Å². The molecule has 2 aromatic carbocycles. The molecule has 0 aliphatic carbocycles. The Morgan fingerprint density at radius 3 is 2.47 bits per heavy atom. The Bertz CT molecular complexity index is 1370. The van der Waals surface area contributed by atoms with Crippen LogP contribution in [0.25, 0.3) is 0 Å². The fourth-order valence-electron chi connectivity index (χ4n) is 2.89. The van der Waals surface area contributed by atoms with Crippen LogP contribution in [0.3, 0.4) is 0 Å². The smallest absolute Gasteiger partial charge is 0.286 e. The maximum Gasteiger partial charge on any atom is 0.286 e. The van der Waals surface area contributed by atoms with E-state index >= 15 is 0 Å². The van der Waals surface area contributed by atoms with Gasteiger partial charge in [0.05, 0.1) is 21.9 Å². The molecule has 0 fully saturated rings. The van der Waals surface area contributed by atoms with Crippen LogP contribution in [0.2, 0.25) is 0 Å². The van der Waals surface area contributed by atoms with E-state index < -0.39 is 27.3 Å². The number of benzene rings is 2. The largest absolute Gasteiger partial charge is 0.508 e. The molecule has 0 bridgehead atoms. The molecule has 0 saturated carbocycles. The molecular weight excluding hydrogens is 454 g/mol. The third-order valence-corrected chi connectivity index (χ3v) is 6.81. The Kier molecular flexibility index (Phi) is 8.14. The van der Waals surface area contributed by atoms with Crippen molar-refractivity contribution >= 4 is 21.5 Å². The van der Waals surface area contributed by atoms with Crippen molar-refractivity contribution in [3.63, 3.8) is 0 Å². The van der Waals surface area contributed by atoms with Gasteiger partial charge >= 0.3 is 0 Å². The summed E-state index contributed by atoms with van der Waals surface area (Å²) in [7, 11) is -1.96. The number of carbonyl (C=O) groups excluding carboxylic acids is 2. The van der Waals surface area contributed by atoms with Crippen molar-refractivity contribution in [1.29, 1.82) is 0 Å². The van der Waals surface area contributed by atoms with Gasteiger partial charge in [-0.2, -0.15) is 4.36 Å². The summed E-state index contributed by atoms with van der Waals surface area (Å²) in [5.74, 6) is 4.01. The van der Waals surface area contributed by atoms with Crippen molar-refractivity contribution < 1.29 is 24.0 Å². The van der Waals surface area contributed by atoms with Gasteiger partial charge in [0.25, 0.3) is 5.91 Å². The average Bonchev–Trinajstić information content (AvgIpc) is 2.83. The van der Waals surface area contributed by atoms with Gasteiger partial charge in [0.2, 0.25) is 5.91 Å². The van der Waals surface area contributed by atoms with E-state index in [9.17, 15) is 18.9 Å². The molecule has 1 aromatic heterocycles. The number of aliphatic hydroxyl groups excluding tert-OH is 1. The van der Waals surface area contributed by atoms with Crippen LogP contribution < -0.4 is 0 Å². The van der Waals surface area contributed by atoms with Gasteiger partial charge in [-0.3, -0.25) is 14.6 Å². The predicted molar refractivity (Wildman–Crippen MR) is 128 cm³/mol. The van der Waals surface area contributed by atoms with Crippen molar-refractivity contribution in [3.05, 3.63) is 89.7 Å². The van der Waals surface area contributed by atoms with Crippen molar-refractivity contribution in [2.75, 3.05) is 26.0 Å². The molecule has 1 atom stereocenters. The number of pyridine rings is 1. The Morgan fingerprint density at radius 2 is 1.76 bits per heavy atom. The van der Waals surface area contributed by atoms with Gasteiger partial charge in [-0.1, -0.05) is 36.1 Å². The maximum atomic E-state index is 13.7. The van der Waals surface area contributed by atoms with E-state index in [4.69, 9.17) is 5.11 Å². The number of carbonyl (C=O) groups is 2. The summed E-state index contributed by atoms with van der Waals surface area (Å²) in [6.45, 7) is -0.173. The summed E-state index contributed by atoms with van der Waals surface area (Å²) >= 11 is 0. The molecule has 0 saturated heterocycles. The lowest BCUT2D eigenvalue weighted by molar-refractivity contribution is -0.127. The summed E-state index contributed by atoms with van der Waals surface area (Å²) in [6.07, 6.45) is 2.75. The highest BCUT2D eigenvalue weighted by Crippen LogP contribution is 2.17. The summed E-state index contributed by atoms with van der Waals surface area (Å²) in [6, 6.07) is 16.0. The molecule has 3 aromatic rings. The zero-order valence-electron chi connectivity index (χ0n) is 18.4. The first kappa shape index (κ1) is 24.6. The third-order valence-electron chi connectivity index (χ3n) is 4.70. The van der Waals surface area contributed by atoms with Crippen molar-refractivity contribution in [3.8, 4) is 17.6 Å². The topological polar surface area (TPSA) is 120 Å². The minimum Gasteiger partial charge on any atom is -0.508 e. The Balaban J connectivity index is 1.95. The van der Waals surface area contributed by atoms with Gasteiger partial charge in [-0.05, 0) is 36.4 Å². The lowest BCUT2D eigenvalue weighted by atomic mass is 10.1. The zero-order valence-corrected chi connectivity index (χ0v) is 19.2. The normalized spacial score (nSPS) is 12.1. The van der Waals surface area contributed by atoms with E-state index in [-0.39, 0.29) is 29.4 Å². The number of aromatic nitrogens is 1. The van der Waals surface area contributed by atoms with E-state index in [1.165, 1.54) is 42.5 Å². The molecule has 0 aliphatic heterocycles. The zero-order chi connectivity index (χ0) is 24.6. The predicted octanol–water partition coefficient (Wildman–Crippen LogP) is 2.31. The molecule has 2 amide bonds. The van der Waals surface area contributed by atoms with Crippen LogP contribution >= 0.6 is 0 Å². The fourth-order valence-corrected chi connectivity index (χ4v) is 4.74. The standard InChI is InChI=1S/C25H23N3O5S/c1-28(12-13-29)24(31)18-34(33,23-8-3-2-4-9-23)27-25(32)21-14-20(16-26-17-21)11-10-19-6-5-7-22(30)15-19/h2-9,14-17,29-30H,12-13,18H2,1H3/t34-/m0/s1. The molecule has 2 N–H and O–H groups in total. The van der Waals surface area contributed by atoms with Gasteiger partial charge in [-0.25, -0.2) is 4.21 Å². The van der Waals surface area contributed by atoms with Crippen molar-refractivity contribution in [2.24, 2.45) is 4.36 Å². The summed E-state index contributed by atoms with van der Waals surface area (Å²) in [5, 5.41) is 18.6. The van der Waals surface area contributed by atoms with Crippen LogP contribution in [0.1, 0.15) is 21.5 Å². The van der Waals surface area contributed by atoms with Crippen LogP contribution in [0.4, 0.5) is 0 Å². The monoisotopic (exact) mass is 477 g/mol. The second-order valence-corrected chi connectivity index (χ2v) is 9.52. The molecule has 9 heteroatoms. The van der Waals surface area contributed by atoms with Crippen LogP contribution in [0.5, 0.6) is 5.75 Å². The second-order valence-electron chi connectivity index (χ2n) is 7.30. The number of likely N-dealkylation sites (N-methyl/N-ethyl adjacent to an activating group) is 1. The molecule has 0 unspecified atom stereocenters. The molecular formula is C25H23N3O5S. The molecule has 0 spiro atoms. The molecule has 1 heterocycles. The molecule has 174 valence electrons. The molecule has 0 aliphatic rings. The second kappa shape index (κ2) is 11.2. The number of rotatable bonds is 6. The third kappa shape index (κ3) is 6.51. The highest BCUT2D eigenvalue weighted by molar-refractivity contribution is 7.94. The highest BCUT2D eigenvalue weighted by Gasteiger charge is 2.22. The SMILES string of the molecule is CN(CCO)C(=O)C[S@@](=O)(=NC(=O)c1cncc(C#Cc2cccc(O)c2)c1)c1ccccc1. The van der Waals surface area contributed by atoms with Gasteiger partial charge in [0, 0.05) is 42.0 Å². The van der Waals surface area contributed by atoms with Gasteiger partial charge in [-0.15, -0.1) is 0 Å². The number of phenolic OH excluding ortho intramolecular Hbond substituents is 1. The van der Waals surface area contributed by atoms with E-state index in [1.807, 2.05) is 0 Å².